The summed E-state index contributed by atoms with van der Waals surface area (Å²) in [6.07, 6.45) is 0. The van der Waals surface area contributed by atoms with Crippen LogP contribution in [0.5, 0.6) is 0 Å². The van der Waals surface area contributed by atoms with Crippen molar-refractivity contribution in [3.05, 3.63) is 54.7 Å². The molecular weight excluding hydrogens is 436 g/mol. The maximum Gasteiger partial charge on any atom is 0.404 e. The molecule has 0 radical (unpaired) electrons. The smallest absolute Gasteiger partial charge is 0.368 e. The molecule has 1 aliphatic rings. The molecule has 148 valence electrons. The number of non-ortho nitro benzene ring substituents is 1. The van der Waals surface area contributed by atoms with Crippen LogP contribution in [0.2, 0.25) is 0 Å². The second-order valence-electron chi connectivity index (χ2n) is 6.28. The summed E-state index contributed by atoms with van der Waals surface area (Å²) in [4.78, 5) is 37.0. The first-order valence-electron chi connectivity index (χ1n) is 8.42. The summed E-state index contributed by atoms with van der Waals surface area (Å²) in [5.74, 6) is -0.482. The van der Waals surface area contributed by atoms with Gasteiger partial charge in [-0.15, -0.1) is 0 Å². The quantitative estimate of drug-likeness (QED) is 0.501. The number of nitro groups is 2. The molecule has 0 unspecified atom stereocenters. The third-order valence-corrected chi connectivity index (χ3v) is 5.56. The third-order valence-electron chi connectivity index (χ3n) is 4.63. The van der Waals surface area contributed by atoms with Crippen molar-refractivity contribution in [1.29, 1.82) is 0 Å². The standard InChI is InChI=1S/C16H17BrN6O5/c1-11-15(17)16(23(27)28)18-21(11)10-14(24)20-8-6-19(7-9-20)12-2-4-13(5-3-12)22(25)26/h2-5H,6-10H2,1H3. The van der Waals surface area contributed by atoms with Crippen molar-refractivity contribution < 1.29 is 14.6 Å². The van der Waals surface area contributed by atoms with Gasteiger partial charge in [-0.2, -0.15) is 4.68 Å². The number of anilines is 1. The van der Waals surface area contributed by atoms with Crippen LogP contribution in [0.4, 0.5) is 17.2 Å². The zero-order valence-electron chi connectivity index (χ0n) is 14.9. The lowest BCUT2D eigenvalue weighted by Gasteiger charge is -2.36. The zero-order chi connectivity index (χ0) is 20.4. The minimum Gasteiger partial charge on any atom is -0.368 e. The fraction of sp³-hybridized carbons (Fsp3) is 0.375. The maximum absolute atomic E-state index is 12.6. The molecule has 11 nitrogen and oxygen atoms in total. The summed E-state index contributed by atoms with van der Waals surface area (Å²) in [7, 11) is 0. The molecule has 1 aliphatic heterocycles. The van der Waals surface area contributed by atoms with Gasteiger partial charge in [0.2, 0.25) is 5.91 Å². The van der Waals surface area contributed by atoms with E-state index in [2.05, 4.69) is 21.0 Å². The fourth-order valence-corrected chi connectivity index (χ4v) is 3.44. The molecule has 1 aromatic carbocycles. The van der Waals surface area contributed by atoms with Crippen LogP contribution in [0.15, 0.2) is 28.7 Å². The molecule has 2 heterocycles. The van der Waals surface area contributed by atoms with Crippen molar-refractivity contribution in [2.45, 2.75) is 13.5 Å². The number of hydrogen-bond donors (Lipinski definition) is 0. The number of halogens is 1. The number of piperazine rings is 1. The summed E-state index contributed by atoms with van der Waals surface area (Å²) >= 11 is 3.14. The molecule has 0 atom stereocenters. The first-order chi connectivity index (χ1) is 13.3. The molecule has 1 amide bonds. The molecule has 0 saturated carbocycles. The molecule has 2 aromatic rings. The Bertz CT molecular complexity index is 920. The summed E-state index contributed by atoms with van der Waals surface area (Å²) in [5.41, 5.74) is 1.41. The van der Waals surface area contributed by atoms with Crippen molar-refractivity contribution in [2.24, 2.45) is 0 Å². The van der Waals surface area contributed by atoms with E-state index in [0.29, 0.717) is 31.9 Å². The second kappa shape index (κ2) is 7.92. The van der Waals surface area contributed by atoms with E-state index in [4.69, 9.17) is 0 Å². The van der Waals surface area contributed by atoms with Crippen LogP contribution in [-0.2, 0) is 11.3 Å². The molecule has 0 aliphatic carbocycles. The van der Waals surface area contributed by atoms with Gasteiger partial charge in [0.15, 0.2) is 0 Å². The van der Waals surface area contributed by atoms with Gasteiger partial charge in [-0.1, -0.05) is 0 Å². The van der Waals surface area contributed by atoms with Gasteiger partial charge in [-0.3, -0.25) is 14.9 Å². The van der Waals surface area contributed by atoms with Crippen LogP contribution in [-0.4, -0.2) is 56.6 Å². The highest BCUT2D eigenvalue weighted by molar-refractivity contribution is 9.10. The SMILES string of the molecule is Cc1c(Br)c([N+](=O)[O-])nn1CC(=O)N1CCN(c2ccc([N+](=O)[O-])cc2)CC1. The van der Waals surface area contributed by atoms with Crippen LogP contribution in [0, 0.1) is 27.2 Å². The Kier molecular flexibility index (Phi) is 5.58. The van der Waals surface area contributed by atoms with E-state index < -0.39 is 9.85 Å². The Balaban J connectivity index is 1.60. The Morgan fingerprint density at radius 2 is 1.71 bits per heavy atom. The number of carbonyl (C=O) groups is 1. The van der Waals surface area contributed by atoms with E-state index in [9.17, 15) is 25.0 Å². The van der Waals surface area contributed by atoms with Crippen LogP contribution in [0.1, 0.15) is 5.69 Å². The molecule has 28 heavy (non-hydrogen) atoms. The van der Waals surface area contributed by atoms with Crippen molar-refractivity contribution in [3.8, 4) is 0 Å². The van der Waals surface area contributed by atoms with Gasteiger partial charge in [0.25, 0.3) is 5.69 Å². The first kappa shape index (κ1) is 19.7. The van der Waals surface area contributed by atoms with Crippen LogP contribution < -0.4 is 4.90 Å². The highest BCUT2D eigenvalue weighted by Gasteiger charge is 2.27. The Morgan fingerprint density at radius 3 is 2.21 bits per heavy atom. The van der Waals surface area contributed by atoms with Crippen molar-refractivity contribution in [2.75, 3.05) is 31.1 Å². The first-order valence-corrected chi connectivity index (χ1v) is 9.21. The predicted molar refractivity (Wildman–Crippen MR) is 103 cm³/mol. The second-order valence-corrected chi connectivity index (χ2v) is 7.07. The molecule has 3 rings (SSSR count). The van der Waals surface area contributed by atoms with E-state index in [1.807, 2.05) is 4.90 Å². The Hall–Kier alpha value is -3.02. The topological polar surface area (TPSA) is 128 Å². The number of carbonyl (C=O) groups excluding carboxylic acids is 1. The predicted octanol–water partition coefficient (Wildman–Crippen LogP) is 2.12. The lowest BCUT2D eigenvalue weighted by Crippen LogP contribution is -2.49. The molecule has 0 spiro atoms. The van der Waals surface area contributed by atoms with Crippen molar-refractivity contribution in [3.63, 3.8) is 0 Å². The lowest BCUT2D eigenvalue weighted by atomic mass is 10.2. The average molecular weight is 453 g/mol. The minimum atomic E-state index is -0.596. The Morgan fingerprint density at radius 1 is 1.11 bits per heavy atom. The van der Waals surface area contributed by atoms with E-state index in [-0.39, 0.29) is 28.4 Å². The summed E-state index contributed by atoms with van der Waals surface area (Å²) in [6, 6.07) is 6.30. The third kappa shape index (κ3) is 3.96. The van der Waals surface area contributed by atoms with E-state index in [0.717, 1.165) is 5.69 Å². The fourth-order valence-electron chi connectivity index (χ4n) is 3.01. The highest BCUT2D eigenvalue weighted by Crippen LogP contribution is 2.27. The molecule has 0 N–H and O–H groups in total. The van der Waals surface area contributed by atoms with Crippen LogP contribution in [0.25, 0.3) is 0 Å². The van der Waals surface area contributed by atoms with Gasteiger partial charge >= 0.3 is 5.82 Å². The van der Waals surface area contributed by atoms with Gasteiger partial charge in [0, 0.05) is 44.0 Å². The van der Waals surface area contributed by atoms with E-state index in [1.54, 1.807) is 24.0 Å². The van der Waals surface area contributed by atoms with Crippen LogP contribution in [0.3, 0.4) is 0 Å². The zero-order valence-corrected chi connectivity index (χ0v) is 16.5. The summed E-state index contributed by atoms with van der Waals surface area (Å²) in [6.45, 7) is 3.73. The molecule has 1 aromatic heterocycles. The molecule has 12 heteroatoms. The Labute approximate surface area is 167 Å². The monoisotopic (exact) mass is 452 g/mol. The highest BCUT2D eigenvalue weighted by atomic mass is 79.9. The van der Waals surface area contributed by atoms with Gasteiger partial charge < -0.3 is 19.9 Å². The molecule has 0 bridgehead atoms. The minimum absolute atomic E-state index is 0.0346. The molecular formula is C16H17BrN6O5. The van der Waals surface area contributed by atoms with Crippen LogP contribution >= 0.6 is 15.9 Å². The lowest BCUT2D eigenvalue weighted by molar-refractivity contribution is -0.390. The van der Waals surface area contributed by atoms with Gasteiger partial charge in [0.05, 0.1) is 15.7 Å². The van der Waals surface area contributed by atoms with Gasteiger partial charge in [-0.05, 0) is 39.9 Å². The van der Waals surface area contributed by atoms with E-state index in [1.165, 1.54) is 16.8 Å². The van der Waals surface area contributed by atoms with E-state index >= 15 is 0 Å². The average Bonchev–Trinajstić information content (AvgIpc) is 2.97. The normalized spacial score (nSPS) is 14.2. The van der Waals surface area contributed by atoms with Crippen molar-refractivity contribution in [1.82, 2.24) is 14.7 Å². The molecule has 1 saturated heterocycles. The number of aromatic nitrogens is 2. The number of hydrogen-bond acceptors (Lipinski definition) is 7. The summed E-state index contributed by atoms with van der Waals surface area (Å²) < 4.78 is 1.60. The summed E-state index contributed by atoms with van der Waals surface area (Å²) in [5, 5.41) is 25.6. The number of nitro benzene ring substituents is 1. The van der Waals surface area contributed by atoms with Gasteiger partial charge in [-0.25, -0.2) is 0 Å². The number of amides is 1. The number of benzene rings is 1. The molecule has 1 fully saturated rings. The number of nitrogens with zero attached hydrogens (tertiary/aromatic N) is 6. The number of rotatable bonds is 5. The van der Waals surface area contributed by atoms with Crippen molar-refractivity contribution >= 4 is 39.0 Å². The largest absolute Gasteiger partial charge is 0.404 e. The maximum atomic E-state index is 12.6. The van der Waals surface area contributed by atoms with Gasteiger partial charge in [0.1, 0.15) is 11.0 Å².